The van der Waals surface area contributed by atoms with Crippen LogP contribution in [0, 0.1) is 0 Å². The van der Waals surface area contributed by atoms with E-state index in [9.17, 15) is 0 Å². The second-order valence-corrected chi connectivity index (χ2v) is 13.6. The molecule has 2 heterocycles. The maximum Gasteiger partial charge on any atom is 0.136 e. The first-order valence-corrected chi connectivity index (χ1v) is 17.4. The van der Waals surface area contributed by atoms with Crippen molar-refractivity contribution in [2.24, 2.45) is 0 Å². The number of fused-ring (bicyclic) bond motifs is 8. The molecule has 0 spiro atoms. The summed E-state index contributed by atoms with van der Waals surface area (Å²) in [6, 6.07) is 41.5. The van der Waals surface area contributed by atoms with E-state index in [4.69, 9.17) is 9.15 Å². The van der Waals surface area contributed by atoms with Crippen LogP contribution in [0.3, 0.4) is 0 Å². The summed E-state index contributed by atoms with van der Waals surface area (Å²) in [7, 11) is 0. The number of ether oxygens (including phenoxy) is 1. The van der Waals surface area contributed by atoms with Gasteiger partial charge >= 0.3 is 0 Å². The lowest BCUT2D eigenvalue weighted by Crippen LogP contribution is -2.35. The van der Waals surface area contributed by atoms with Gasteiger partial charge in [0, 0.05) is 40.1 Å². The van der Waals surface area contributed by atoms with Gasteiger partial charge in [0.2, 0.25) is 0 Å². The molecule has 1 aromatic heterocycles. The summed E-state index contributed by atoms with van der Waals surface area (Å²) in [6.07, 6.45) is 19.1. The molecule has 0 radical (unpaired) electrons. The lowest BCUT2D eigenvalue weighted by atomic mass is 9.83. The first-order chi connectivity index (χ1) is 24.3. The number of hydrogen-bond acceptors (Lipinski definition) is 3. The molecular weight excluding hydrogens is 599 g/mol. The quantitative estimate of drug-likeness (QED) is 0.189. The second-order valence-electron chi connectivity index (χ2n) is 13.6. The van der Waals surface area contributed by atoms with Crippen molar-refractivity contribution in [2.75, 3.05) is 4.90 Å². The molecule has 0 amide bonds. The van der Waals surface area contributed by atoms with Gasteiger partial charge in [-0.1, -0.05) is 115 Å². The van der Waals surface area contributed by atoms with Crippen molar-refractivity contribution >= 4 is 39.3 Å². The zero-order valence-electron chi connectivity index (χ0n) is 27.1. The number of allylic oxidation sites excluding steroid dienone is 7. The minimum atomic E-state index is 0.214. The van der Waals surface area contributed by atoms with Crippen molar-refractivity contribution in [2.45, 2.75) is 37.1 Å². The molecule has 4 aliphatic rings. The van der Waals surface area contributed by atoms with Crippen molar-refractivity contribution < 1.29 is 9.15 Å². The number of para-hydroxylation sites is 2. The van der Waals surface area contributed by atoms with Crippen LogP contribution in [0.5, 0.6) is 5.75 Å². The number of furan rings is 1. The van der Waals surface area contributed by atoms with Crippen LogP contribution < -0.4 is 9.64 Å². The zero-order chi connectivity index (χ0) is 32.3. The highest BCUT2D eigenvalue weighted by molar-refractivity contribution is 6.09. The van der Waals surface area contributed by atoms with Gasteiger partial charge in [-0.05, 0) is 83.2 Å². The SMILES string of the molecule is C1=CC(N(C2=CC=C3Oc4ccccc4C3C2)c2ccc(C3C=Cc4c(ccc5oc6ccccc6c45)C3)cc2)CC=C1c1ccccc1. The smallest absolute Gasteiger partial charge is 0.136 e. The third-order valence-electron chi connectivity index (χ3n) is 10.8. The van der Waals surface area contributed by atoms with Gasteiger partial charge in [0.05, 0.1) is 12.0 Å². The van der Waals surface area contributed by atoms with Crippen LogP contribution in [0.15, 0.2) is 168 Å². The summed E-state index contributed by atoms with van der Waals surface area (Å²) in [5, 5.41) is 2.42. The molecular formula is C46H35NO2. The van der Waals surface area contributed by atoms with Crippen molar-refractivity contribution in [1.29, 1.82) is 0 Å². The van der Waals surface area contributed by atoms with E-state index in [1.54, 1.807) is 0 Å². The van der Waals surface area contributed by atoms with Gasteiger partial charge in [-0.15, -0.1) is 0 Å². The standard InChI is InChI=1S/C46H35NO2/c1-2-8-30(9-3-1)31-14-20-35(21-15-31)47(37-24-27-44-41(29-37)39-10-4-6-12-42(39)48-44)36-22-16-32(17-23-36)33-18-25-38-34(28-33)19-26-45-46(38)40-11-5-7-13-43(40)49-45/h1-20,22-27,33,35,41H,21,28-29H2. The molecule has 236 valence electrons. The summed E-state index contributed by atoms with van der Waals surface area (Å²) >= 11 is 0. The topological polar surface area (TPSA) is 25.6 Å². The minimum Gasteiger partial charge on any atom is -0.461 e. The summed E-state index contributed by atoms with van der Waals surface area (Å²) in [5.41, 5.74) is 12.3. The van der Waals surface area contributed by atoms with Gasteiger partial charge in [0.15, 0.2) is 0 Å². The Morgan fingerprint density at radius 1 is 0.673 bits per heavy atom. The Morgan fingerprint density at radius 3 is 2.39 bits per heavy atom. The van der Waals surface area contributed by atoms with Crippen LogP contribution in [-0.2, 0) is 6.42 Å². The van der Waals surface area contributed by atoms with Crippen molar-refractivity contribution in [3.8, 4) is 5.75 Å². The molecule has 3 heteroatoms. The Morgan fingerprint density at radius 2 is 1.51 bits per heavy atom. The maximum absolute atomic E-state index is 6.26. The molecule has 3 nitrogen and oxygen atoms in total. The predicted molar refractivity (Wildman–Crippen MR) is 201 cm³/mol. The van der Waals surface area contributed by atoms with Gasteiger partial charge in [0.1, 0.15) is 22.7 Å². The molecule has 3 unspecified atom stereocenters. The second kappa shape index (κ2) is 11.4. The monoisotopic (exact) mass is 633 g/mol. The molecule has 5 aromatic carbocycles. The molecule has 10 rings (SSSR count). The van der Waals surface area contributed by atoms with Gasteiger partial charge in [0.25, 0.3) is 0 Å². The van der Waals surface area contributed by atoms with Crippen molar-refractivity contribution in [3.63, 3.8) is 0 Å². The van der Waals surface area contributed by atoms with E-state index < -0.39 is 0 Å². The summed E-state index contributed by atoms with van der Waals surface area (Å²) < 4.78 is 12.4. The van der Waals surface area contributed by atoms with Crippen LogP contribution in [0.1, 0.15) is 52.5 Å². The van der Waals surface area contributed by atoms with Crippen LogP contribution in [0.2, 0.25) is 0 Å². The van der Waals surface area contributed by atoms with E-state index in [0.29, 0.717) is 5.92 Å². The first kappa shape index (κ1) is 28.2. The van der Waals surface area contributed by atoms with Crippen molar-refractivity contribution in [1.82, 2.24) is 0 Å². The predicted octanol–water partition coefficient (Wildman–Crippen LogP) is 11.5. The third kappa shape index (κ3) is 4.80. The Hall–Kier alpha value is -5.80. The molecule has 3 atom stereocenters. The fourth-order valence-electron chi connectivity index (χ4n) is 8.31. The highest BCUT2D eigenvalue weighted by atomic mass is 16.5. The lowest BCUT2D eigenvalue weighted by molar-refractivity contribution is 0.422. The van der Waals surface area contributed by atoms with Crippen LogP contribution >= 0.6 is 0 Å². The zero-order valence-corrected chi connectivity index (χ0v) is 27.1. The molecule has 0 saturated heterocycles. The molecule has 0 saturated carbocycles. The lowest BCUT2D eigenvalue weighted by Gasteiger charge is -2.37. The molecule has 0 bridgehead atoms. The average molecular weight is 634 g/mol. The molecule has 6 aromatic rings. The Balaban J connectivity index is 0.966. The van der Waals surface area contributed by atoms with Gasteiger partial charge < -0.3 is 14.1 Å². The molecule has 0 fully saturated rings. The number of hydrogen-bond donors (Lipinski definition) is 0. The van der Waals surface area contributed by atoms with Crippen LogP contribution in [-0.4, -0.2) is 6.04 Å². The van der Waals surface area contributed by atoms with E-state index >= 15 is 0 Å². The summed E-state index contributed by atoms with van der Waals surface area (Å²) in [6.45, 7) is 0. The number of benzene rings is 5. The molecule has 0 N–H and O–H groups in total. The Labute approximate surface area is 286 Å². The fraction of sp³-hybridized carbons (Fsp3) is 0.130. The number of anilines is 1. The number of nitrogens with zero attached hydrogens (tertiary/aromatic N) is 1. The highest BCUT2D eigenvalue weighted by Gasteiger charge is 2.34. The van der Waals surface area contributed by atoms with E-state index in [1.165, 1.54) is 55.5 Å². The summed E-state index contributed by atoms with van der Waals surface area (Å²) in [5.74, 6) is 2.60. The van der Waals surface area contributed by atoms with Gasteiger partial charge in [-0.3, -0.25) is 0 Å². The van der Waals surface area contributed by atoms with Crippen LogP contribution in [0.4, 0.5) is 5.69 Å². The van der Waals surface area contributed by atoms with E-state index in [-0.39, 0.29) is 12.0 Å². The minimum absolute atomic E-state index is 0.214. The summed E-state index contributed by atoms with van der Waals surface area (Å²) in [4.78, 5) is 2.56. The molecule has 49 heavy (non-hydrogen) atoms. The largest absolute Gasteiger partial charge is 0.461 e. The van der Waals surface area contributed by atoms with Gasteiger partial charge in [-0.2, -0.15) is 0 Å². The maximum atomic E-state index is 6.26. The average Bonchev–Trinajstić information content (AvgIpc) is 3.74. The van der Waals surface area contributed by atoms with Crippen molar-refractivity contribution in [3.05, 3.63) is 191 Å². The Bertz CT molecular complexity index is 2400. The van der Waals surface area contributed by atoms with E-state index in [1.807, 2.05) is 6.07 Å². The first-order valence-electron chi connectivity index (χ1n) is 17.4. The Kier molecular flexibility index (Phi) is 6.58. The normalized spacial score (nSPS) is 20.6. The van der Waals surface area contributed by atoms with E-state index in [0.717, 1.165) is 41.9 Å². The van der Waals surface area contributed by atoms with Gasteiger partial charge in [-0.25, -0.2) is 0 Å². The molecule has 3 aliphatic carbocycles. The van der Waals surface area contributed by atoms with E-state index in [2.05, 4.69) is 157 Å². The van der Waals surface area contributed by atoms with Crippen LogP contribution in [0.25, 0.3) is 33.6 Å². The highest BCUT2D eigenvalue weighted by Crippen LogP contribution is 2.47. The number of rotatable bonds is 5. The molecule has 1 aliphatic heterocycles. The fourth-order valence-corrected chi connectivity index (χ4v) is 8.31. The third-order valence-corrected chi connectivity index (χ3v) is 10.8.